The summed E-state index contributed by atoms with van der Waals surface area (Å²) in [5.74, 6) is 0.852. The molecule has 0 fully saturated rings. The molecule has 0 radical (unpaired) electrons. The number of thioether (sulfide) groups is 1. The minimum absolute atomic E-state index is 0.632. The summed E-state index contributed by atoms with van der Waals surface area (Å²) in [7, 11) is 0. The van der Waals surface area contributed by atoms with E-state index in [0.29, 0.717) is 12.1 Å². The summed E-state index contributed by atoms with van der Waals surface area (Å²) in [6, 6.07) is 24.4. The standard InChI is InChI=1S/C21H19N3S/c22-12-7-13-25-21-19(15-23)18(16-8-3-1-4-9-16)14-20(24-21)17-10-5-2-6-11-17/h1-6,8-11,14H,7,12-13,22H2. The Morgan fingerprint density at radius 3 is 2.20 bits per heavy atom. The molecule has 124 valence electrons. The van der Waals surface area contributed by atoms with Crippen LogP contribution in [0.1, 0.15) is 12.0 Å². The van der Waals surface area contributed by atoms with Crippen LogP contribution in [0.25, 0.3) is 22.4 Å². The summed E-state index contributed by atoms with van der Waals surface area (Å²) in [6.45, 7) is 0.638. The predicted octanol–water partition coefficient (Wildman–Crippen LogP) is 4.73. The van der Waals surface area contributed by atoms with Crippen LogP contribution < -0.4 is 5.73 Å². The van der Waals surface area contributed by atoms with Crippen LogP contribution in [0.2, 0.25) is 0 Å². The van der Waals surface area contributed by atoms with Crippen LogP contribution in [0.3, 0.4) is 0 Å². The molecule has 3 nitrogen and oxygen atoms in total. The minimum Gasteiger partial charge on any atom is -0.330 e. The predicted molar refractivity (Wildman–Crippen MR) is 104 cm³/mol. The molecule has 1 aromatic heterocycles. The maximum atomic E-state index is 9.75. The molecule has 0 saturated carbocycles. The average Bonchev–Trinajstić information content (AvgIpc) is 2.69. The van der Waals surface area contributed by atoms with Crippen LogP contribution >= 0.6 is 11.8 Å². The highest BCUT2D eigenvalue weighted by atomic mass is 32.2. The SMILES string of the molecule is N#Cc1c(-c2ccccc2)cc(-c2ccccc2)nc1SCCCN. The van der Waals surface area contributed by atoms with E-state index in [0.717, 1.165) is 39.6 Å². The van der Waals surface area contributed by atoms with E-state index in [1.54, 1.807) is 11.8 Å². The van der Waals surface area contributed by atoms with Crippen molar-refractivity contribution in [3.05, 3.63) is 72.3 Å². The molecule has 0 amide bonds. The number of hydrogen-bond donors (Lipinski definition) is 1. The molecule has 1 heterocycles. The maximum absolute atomic E-state index is 9.75. The topological polar surface area (TPSA) is 62.7 Å². The Morgan fingerprint density at radius 1 is 0.960 bits per heavy atom. The van der Waals surface area contributed by atoms with Crippen molar-refractivity contribution in [2.24, 2.45) is 5.73 Å². The summed E-state index contributed by atoms with van der Waals surface area (Å²) in [5.41, 5.74) is 10.1. The first-order chi connectivity index (χ1) is 12.3. The normalized spacial score (nSPS) is 10.4. The van der Waals surface area contributed by atoms with Crippen LogP contribution in [-0.4, -0.2) is 17.3 Å². The smallest absolute Gasteiger partial charge is 0.115 e. The summed E-state index contributed by atoms with van der Waals surface area (Å²) < 4.78 is 0. The largest absolute Gasteiger partial charge is 0.330 e. The molecule has 3 rings (SSSR count). The third kappa shape index (κ3) is 4.08. The van der Waals surface area contributed by atoms with E-state index in [2.05, 4.69) is 6.07 Å². The summed E-state index contributed by atoms with van der Waals surface area (Å²) in [5, 5.41) is 10.5. The minimum atomic E-state index is 0.632. The molecule has 2 N–H and O–H groups in total. The quantitative estimate of drug-likeness (QED) is 0.518. The molecule has 0 aliphatic rings. The fourth-order valence-electron chi connectivity index (χ4n) is 2.59. The van der Waals surface area contributed by atoms with Gasteiger partial charge in [0, 0.05) is 16.9 Å². The number of benzene rings is 2. The number of aromatic nitrogens is 1. The molecule has 0 unspecified atom stereocenters. The molecule has 4 heteroatoms. The van der Waals surface area contributed by atoms with E-state index in [4.69, 9.17) is 10.7 Å². The fourth-order valence-corrected chi connectivity index (χ4v) is 3.56. The van der Waals surface area contributed by atoms with Crippen LogP contribution in [0.5, 0.6) is 0 Å². The van der Waals surface area contributed by atoms with Gasteiger partial charge in [-0.15, -0.1) is 11.8 Å². The molecular weight excluding hydrogens is 326 g/mol. The van der Waals surface area contributed by atoms with Gasteiger partial charge in [0.1, 0.15) is 11.1 Å². The zero-order chi connectivity index (χ0) is 17.5. The van der Waals surface area contributed by atoms with Gasteiger partial charge in [-0.3, -0.25) is 0 Å². The van der Waals surface area contributed by atoms with Gasteiger partial charge in [-0.05, 0) is 24.6 Å². The Hall–Kier alpha value is -2.61. The first-order valence-corrected chi connectivity index (χ1v) is 9.21. The van der Waals surface area contributed by atoms with Gasteiger partial charge in [-0.25, -0.2) is 4.98 Å². The van der Waals surface area contributed by atoms with Crippen molar-refractivity contribution in [1.29, 1.82) is 5.26 Å². The van der Waals surface area contributed by atoms with E-state index < -0.39 is 0 Å². The highest BCUT2D eigenvalue weighted by molar-refractivity contribution is 7.99. The molecule has 0 spiro atoms. The Kier molecular flexibility index (Phi) is 5.84. The summed E-state index contributed by atoms with van der Waals surface area (Å²) in [4.78, 5) is 4.77. The van der Waals surface area contributed by atoms with Crippen molar-refractivity contribution in [2.45, 2.75) is 11.4 Å². The molecule has 0 saturated heterocycles. The van der Waals surface area contributed by atoms with Gasteiger partial charge in [0.25, 0.3) is 0 Å². The van der Waals surface area contributed by atoms with Gasteiger partial charge >= 0.3 is 0 Å². The highest BCUT2D eigenvalue weighted by Gasteiger charge is 2.15. The van der Waals surface area contributed by atoms with Crippen LogP contribution in [0, 0.1) is 11.3 Å². The maximum Gasteiger partial charge on any atom is 0.115 e. The zero-order valence-corrected chi connectivity index (χ0v) is 14.7. The van der Waals surface area contributed by atoms with Gasteiger partial charge in [0.15, 0.2) is 0 Å². The Bertz CT molecular complexity index is 871. The van der Waals surface area contributed by atoms with Gasteiger partial charge in [0.05, 0.1) is 11.3 Å². The van der Waals surface area contributed by atoms with E-state index >= 15 is 0 Å². The van der Waals surface area contributed by atoms with Gasteiger partial charge in [-0.2, -0.15) is 5.26 Å². The Labute approximate surface area is 152 Å². The molecule has 0 aliphatic carbocycles. The summed E-state index contributed by atoms with van der Waals surface area (Å²) in [6.07, 6.45) is 0.896. The van der Waals surface area contributed by atoms with Crippen molar-refractivity contribution in [3.8, 4) is 28.5 Å². The lowest BCUT2D eigenvalue weighted by Gasteiger charge is -2.12. The molecule has 0 atom stereocenters. The van der Waals surface area contributed by atoms with Crippen molar-refractivity contribution < 1.29 is 0 Å². The first-order valence-electron chi connectivity index (χ1n) is 8.22. The number of nitrogens with two attached hydrogens (primary N) is 1. The number of pyridine rings is 1. The molecule has 0 bridgehead atoms. The number of nitrogens with zero attached hydrogens (tertiary/aromatic N) is 2. The van der Waals surface area contributed by atoms with Crippen LogP contribution in [-0.2, 0) is 0 Å². The number of rotatable bonds is 6. The second-order valence-corrected chi connectivity index (χ2v) is 6.65. The molecular formula is C21H19N3S. The van der Waals surface area contributed by atoms with Crippen molar-refractivity contribution >= 4 is 11.8 Å². The van der Waals surface area contributed by atoms with Crippen molar-refractivity contribution in [3.63, 3.8) is 0 Å². The molecule has 3 aromatic rings. The molecule has 25 heavy (non-hydrogen) atoms. The second-order valence-electron chi connectivity index (χ2n) is 5.57. The van der Waals surface area contributed by atoms with Gasteiger partial charge in [-0.1, -0.05) is 60.7 Å². The van der Waals surface area contributed by atoms with Crippen LogP contribution in [0.4, 0.5) is 0 Å². The van der Waals surface area contributed by atoms with Gasteiger partial charge in [0.2, 0.25) is 0 Å². The molecule has 0 aliphatic heterocycles. The second kappa shape index (κ2) is 8.48. The van der Waals surface area contributed by atoms with E-state index in [1.165, 1.54) is 0 Å². The monoisotopic (exact) mass is 345 g/mol. The lowest BCUT2D eigenvalue weighted by Crippen LogP contribution is -2.01. The molecule has 2 aromatic carbocycles. The van der Waals surface area contributed by atoms with Crippen LogP contribution in [0.15, 0.2) is 71.8 Å². The third-order valence-electron chi connectivity index (χ3n) is 3.84. The van der Waals surface area contributed by atoms with Gasteiger partial charge < -0.3 is 5.73 Å². The lowest BCUT2D eigenvalue weighted by atomic mass is 9.99. The van der Waals surface area contributed by atoms with E-state index in [1.807, 2.05) is 66.7 Å². The Balaban J connectivity index is 2.15. The number of nitriles is 1. The highest BCUT2D eigenvalue weighted by Crippen LogP contribution is 2.34. The Morgan fingerprint density at radius 2 is 1.60 bits per heavy atom. The van der Waals surface area contributed by atoms with Crippen molar-refractivity contribution in [2.75, 3.05) is 12.3 Å². The first kappa shape index (κ1) is 17.2. The number of hydrogen-bond acceptors (Lipinski definition) is 4. The lowest BCUT2D eigenvalue weighted by molar-refractivity contribution is 0.940. The summed E-state index contributed by atoms with van der Waals surface area (Å²) >= 11 is 1.60. The average molecular weight is 345 g/mol. The van der Waals surface area contributed by atoms with Crippen molar-refractivity contribution in [1.82, 2.24) is 4.98 Å². The van der Waals surface area contributed by atoms with E-state index in [-0.39, 0.29) is 0 Å². The zero-order valence-electron chi connectivity index (χ0n) is 13.9. The fraction of sp³-hybridized carbons (Fsp3) is 0.143. The van der Waals surface area contributed by atoms with E-state index in [9.17, 15) is 5.26 Å². The third-order valence-corrected chi connectivity index (χ3v) is 4.90.